The predicted octanol–water partition coefficient (Wildman–Crippen LogP) is 1.98. The van der Waals surface area contributed by atoms with Crippen molar-refractivity contribution in [2.45, 2.75) is 32.8 Å². The fraction of sp³-hybridized carbons (Fsp3) is 0.571. The Kier molecular flexibility index (Phi) is 4.79. The zero-order valence-corrected chi connectivity index (χ0v) is 12.3. The second-order valence-corrected chi connectivity index (χ2v) is 4.91. The third-order valence-corrected chi connectivity index (χ3v) is 3.70. The van der Waals surface area contributed by atoms with Gasteiger partial charge in [-0.15, -0.1) is 0 Å². The molecule has 2 rings (SSSR count). The molecule has 0 saturated carbocycles. The molecule has 1 unspecified atom stereocenters. The summed E-state index contributed by atoms with van der Waals surface area (Å²) in [6.07, 6.45) is 7.06. The molecule has 0 radical (unpaired) electrons. The third-order valence-electron chi connectivity index (χ3n) is 3.70. The maximum Gasteiger partial charge on any atom is 0.180 e. The van der Waals surface area contributed by atoms with Gasteiger partial charge in [0, 0.05) is 26.0 Å². The molecule has 6 nitrogen and oxygen atoms in total. The molecule has 2 heterocycles. The van der Waals surface area contributed by atoms with E-state index in [9.17, 15) is 5.11 Å². The van der Waals surface area contributed by atoms with E-state index in [0.29, 0.717) is 18.3 Å². The highest BCUT2D eigenvalue weighted by molar-refractivity contribution is 5.65. The number of rotatable bonds is 7. The van der Waals surface area contributed by atoms with E-state index in [0.717, 1.165) is 24.3 Å². The fourth-order valence-electron chi connectivity index (χ4n) is 2.37. The number of fused-ring (bicyclic) bond motifs is 1. The maximum atomic E-state index is 10.2. The molecule has 110 valence electrons. The molecule has 6 heteroatoms. The van der Waals surface area contributed by atoms with Crippen molar-refractivity contribution in [1.82, 2.24) is 14.4 Å². The smallest absolute Gasteiger partial charge is 0.180 e. The first-order valence-electron chi connectivity index (χ1n) is 7.13. The van der Waals surface area contributed by atoms with E-state index in [1.54, 1.807) is 6.20 Å². The van der Waals surface area contributed by atoms with Crippen LogP contribution in [0.3, 0.4) is 0 Å². The predicted molar refractivity (Wildman–Crippen MR) is 81.1 cm³/mol. The summed E-state index contributed by atoms with van der Waals surface area (Å²) in [6, 6.07) is 0. The Balaban J connectivity index is 2.14. The molecule has 0 fully saturated rings. The lowest BCUT2D eigenvalue weighted by atomic mass is 9.97. The van der Waals surface area contributed by atoms with E-state index < -0.39 is 0 Å². The van der Waals surface area contributed by atoms with E-state index in [2.05, 4.69) is 34.4 Å². The van der Waals surface area contributed by atoms with Crippen LogP contribution in [-0.4, -0.2) is 39.2 Å². The van der Waals surface area contributed by atoms with Gasteiger partial charge in [0.25, 0.3) is 0 Å². The van der Waals surface area contributed by atoms with Crippen molar-refractivity contribution in [3.63, 3.8) is 0 Å². The SMILES string of the molecule is CCC(CC)C(O)CNc1nc(NC)cn2ccnc12. The highest BCUT2D eigenvalue weighted by Gasteiger charge is 2.16. The normalized spacial score (nSPS) is 12.8. The minimum atomic E-state index is -0.375. The number of nitrogens with zero attached hydrogens (tertiary/aromatic N) is 3. The van der Waals surface area contributed by atoms with Gasteiger partial charge in [-0.05, 0) is 5.92 Å². The van der Waals surface area contributed by atoms with Crippen molar-refractivity contribution < 1.29 is 5.11 Å². The van der Waals surface area contributed by atoms with Crippen LogP contribution in [0.2, 0.25) is 0 Å². The molecule has 0 aromatic carbocycles. The summed E-state index contributed by atoms with van der Waals surface area (Å²) in [5.74, 6) is 1.76. The monoisotopic (exact) mass is 277 g/mol. The molecule has 0 aliphatic rings. The van der Waals surface area contributed by atoms with E-state index in [1.807, 2.05) is 23.8 Å². The molecule has 0 bridgehead atoms. The van der Waals surface area contributed by atoms with Crippen molar-refractivity contribution in [1.29, 1.82) is 0 Å². The summed E-state index contributed by atoms with van der Waals surface area (Å²) < 4.78 is 1.91. The molecule has 0 aliphatic carbocycles. The molecule has 2 aromatic rings. The molecule has 0 spiro atoms. The zero-order chi connectivity index (χ0) is 14.5. The highest BCUT2D eigenvalue weighted by atomic mass is 16.3. The molecule has 0 saturated heterocycles. The van der Waals surface area contributed by atoms with Gasteiger partial charge >= 0.3 is 0 Å². The molecular formula is C14H23N5O. The molecule has 1 atom stereocenters. The highest BCUT2D eigenvalue weighted by Crippen LogP contribution is 2.18. The second kappa shape index (κ2) is 6.56. The summed E-state index contributed by atoms with van der Waals surface area (Å²) in [7, 11) is 1.83. The number of imidazole rings is 1. The Labute approximate surface area is 119 Å². The average molecular weight is 277 g/mol. The first-order chi connectivity index (χ1) is 9.69. The first kappa shape index (κ1) is 14.6. The number of hydrogen-bond donors (Lipinski definition) is 3. The zero-order valence-electron chi connectivity index (χ0n) is 12.3. The molecule has 3 N–H and O–H groups in total. The van der Waals surface area contributed by atoms with Crippen LogP contribution in [0.5, 0.6) is 0 Å². The summed E-state index contributed by atoms with van der Waals surface area (Å²) >= 11 is 0. The average Bonchev–Trinajstić information content (AvgIpc) is 2.94. The second-order valence-electron chi connectivity index (χ2n) is 4.91. The quantitative estimate of drug-likeness (QED) is 0.721. The maximum absolute atomic E-state index is 10.2. The van der Waals surface area contributed by atoms with Crippen LogP contribution in [0, 0.1) is 5.92 Å². The van der Waals surface area contributed by atoms with Crippen LogP contribution in [0.1, 0.15) is 26.7 Å². The van der Waals surface area contributed by atoms with Crippen LogP contribution in [0.25, 0.3) is 5.65 Å². The number of aliphatic hydroxyl groups excluding tert-OH is 1. The standard InChI is InChI=1S/C14H23N5O/c1-4-10(5-2)11(20)8-17-13-14-16-6-7-19(14)9-12(15-3)18-13/h6-7,9-11,15,20H,4-5,8H2,1-3H3,(H,17,18). The molecule has 0 aliphatic heterocycles. The molecule has 0 amide bonds. The summed E-state index contributed by atoms with van der Waals surface area (Å²) in [4.78, 5) is 8.74. The third kappa shape index (κ3) is 3.01. The topological polar surface area (TPSA) is 74.5 Å². The lowest BCUT2D eigenvalue weighted by Gasteiger charge is -2.20. The molecule has 20 heavy (non-hydrogen) atoms. The Morgan fingerprint density at radius 3 is 2.75 bits per heavy atom. The Morgan fingerprint density at radius 2 is 2.10 bits per heavy atom. The minimum absolute atomic E-state index is 0.311. The largest absolute Gasteiger partial charge is 0.391 e. The van der Waals surface area contributed by atoms with Crippen molar-refractivity contribution in [2.24, 2.45) is 5.92 Å². The first-order valence-corrected chi connectivity index (χ1v) is 7.13. The van der Waals surface area contributed by atoms with Gasteiger partial charge in [0.2, 0.25) is 0 Å². The van der Waals surface area contributed by atoms with Gasteiger partial charge < -0.3 is 20.1 Å². The van der Waals surface area contributed by atoms with Crippen molar-refractivity contribution in [3.05, 3.63) is 18.6 Å². The fourth-order valence-corrected chi connectivity index (χ4v) is 2.37. The number of hydrogen-bond acceptors (Lipinski definition) is 5. The number of anilines is 2. The molecule has 2 aromatic heterocycles. The van der Waals surface area contributed by atoms with Crippen LogP contribution in [0.15, 0.2) is 18.6 Å². The van der Waals surface area contributed by atoms with Gasteiger partial charge in [-0.1, -0.05) is 26.7 Å². The van der Waals surface area contributed by atoms with Gasteiger partial charge in [0.05, 0.1) is 12.3 Å². The Bertz CT molecular complexity index is 549. The van der Waals surface area contributed by atoms with Crippen LogP contribution in [-0.2, 0) is 0 Å². The van der Waals surface area contributed by atoms with Gasteiger partial charge in [-0.25, -0.2) is 9.97 Å². The van der Waals surface area contributed by atoms with Crippen LogP contribution < -0.4 is 10.6 Å². The van der Waals surface area contributed by atoms with E-state index in [4.69, 9.17) is 0 Å². The lowest BCUT2D eigenvalue weighted by molar-refractivity contribution is 0.114. The Hall–Kier alpha value is -1.82. The van der Waals surface area contributed by atoms with E-state index in [-0.39, 0.29) is 6.10 Å². The summed E-state index contributed by atoms with van der Waals surface area (Å²) in [6.45, 7) is 4.68. The number of nitrogens with one attached hydrogen (secondary N) is 2. The number of aromatic nitrogens is 3. The minimum Gasteiger partial charge on any atom is -0.391 e. The lowest BCUT2D eigenvalue weighted by Crippen LogP contribution is -2.28. The van der Waals surface area contributed by atoms with Crippen molar-refractivity contribution in [3.8, 4) is 0 Å². The van der Waals surface area contributed by atoms with E-state index in [1.165, 1.54) is 0 Å². The van der Waals surface area contributed by atoms with Crippen molar-refractivity contribution in [2.75, 3.05) is 24.2 Å². The summed E-state index contributed by atoms with van der Waals surface area (Å²) in [5, 5.41) is 16.4. The number of aliphatic hydroxyl groups is 1. The Morgan fingerprint density at radius 1 is 1.35 bits per heavy atom. The summed E-state index contributed by atoms with van der Waals surface area (Å²) in [5.41, 5.74) is 0.765. The van der Waals surface area contributed by atoms with Crippen LogP contribution >= 0.6 is 0 Å². The molecular weight excluding hydrogens is 254 g/mol. The van der Waals surface area contributed by atoms with Crippen molar-refractivity contribution >= 4 is 17.3 Å². The van der Waals surface area contributed by atoms with Gasteiger partial charge in [-0.2, -0.15) is 0 Å². The van der Waals surface area contributed by atoms with Gasteiger partial charge in [0.1, 0.15) is 5.82 Å². The van der Waals surface area contributed by atoms with E-state index >= 15 is 0 Å². The van der Waals surface area contributed by atoms with Gasteiger partial charge in [0.15, 0.2) is 11.5 Å². The van der Waals surface area contributed by atoms with Crippen LogP contribution in [0.4, 0.5) is 11.6 Å². The van der Waals surface area contributed by atoms with Gasteiger partial charge in [-0.3, -0.25) is 0 Å².